The third kappa shape index (κ3) is 5.01. The Labute approximate surface area is 410 Å². The standard InChI is InChI=1S/C66H38N4O2/c1-3-14-39(15-4-1)67(42-30-33-62-54(36-42)44-18-7-9-25-60(44)71-62)41-28-31-55-50(34-41)45-20-11-22-47-52-38-59-53(37-58(52)69(55)65(45)47)48-23-12-21-46-51-35-43(29-32-56(51)70(59)66(46)48)68(40-16-5-2-6-17-40)57-24-13-27-63-64(57)49-19-8-10-26-61(49)72-63/h1-38H. The molecular weight excluding hydrogens is 881 g/mol. The number of anilines is 6. The minimum Gasteiger partial charge on any atom is -0.456 e. The highest BCUT2D eigenvalue weighted by molar-refractivity contribution is 6.29. The first kappa shape index (κ1) is 38.1. The van der Waals surface area contributed by atoms with Crippen molar-refractivity contribution in [3.8, 4) is 0 Å². The Hall–Kier alpha value is -9.78. The Morgan fingerprint density at radius 1 is 0.250 bits per heavy atom. The molecule has 6 nitrogen and oxygen atoms in total. The molecule has 0 saturated heterocycles. The maximum atomic E-state index is 6.41. The summed E-state index contributed by atoms with van der Waals surface area (Å²) in [7, 11) is 0. The van der Waals surface area contributed by atoms with Crippen molar-refractivity contribution >= 4 is 154 Å². The highest BCUT2D eigenvalue weighted by Crippen LogP contribution is 2.49. The summed E-state index contributed by atoms with van der Waals surface area (Å²) in [5, 5.41) is 14.4. The Morgan fingerprint density at radius 2 is 0.667 bits per heavy atom. The molecule has 17 rings (SSSR count). The monoisotopic (exact) mass is 918 g/mol. The maximum Gasteiger partial charge on any atom is 0.137 e. The molecule has 0 saturated carbocycles. The van der Waals surface area contributed by atoms with Crippen LogP contribution in [0.1, 0.15) is 0 Å². The van der Waals surface area contributed by atoms with Gasteiger partial charge in [0.1, 0.15) is 22.3 Å². The van der Waals surface area contributed by atoms with Crippen molar-refractivity contribution in [1.82, 2.24) is 8.80 Å². The van der Waals surface area contributed by atoms with E-state index < -0.39 is 0 Å². The number of furan rings is 2. The van der Waals surface area contributed by atoms with E-state index in [-0.39, 0.29) is 0 Å². The van der Waals surface area contributed by atoms with Gasteiger partial charge in [-0.3, -0.25) is 0 Å². The third-order valence-electron chi connectivity index (χ3n) is 15.5. The van der Waals surface area contributed by atoms with E-state index in [1.54, 1.807) is 0 Å². The molecular formula is C66H38N4O2. The Balaban J connectivity index is 0.857. The summed E-state index contributed by atoms with van der Waals surface area (Å²) in [6, 6.07) is 83.5. The molecule has 0 amide bonds. The van der Waals surface area contributed by atoms with Crippen molar-refractivity contribution in [3.63, 3.8) is 0 Å². The smallest absolute Gasteiger partial charge is 0.137 e. The summed E-state index contributed by atoms with van der Waals surface area (Å²) in [6.07, 6.45) is 0. The van der Waals surface area contributed by atoms with Crippen LogP contribution in [0, 0.1) is 0 Å². The molecule has 17 aromatic rings. The Bertz CT molecular complexity index is 5060. The van der Waals surface area contributed by atoms with E-state index in [0.717, 1.165) is 78.0 Å². The summed E-state index contributed by atoms with van der Waals surface area (Å²) in [5.74, 6) is 0. The van der Waals surface area contributed by atoms with Crippen molar-refractivity contribution in [3.05, 3.63) is 231 Å². The lowest BCUT2D eigenvalue weighted by Crippen LogP contribution is -2.10. The number of fused-ring (bicyclic) bond motifs is 18. The van der Waals surface area contributed by atoms with E-state index in [2.05, 4.69) is 231 Å². The molecule has 6 heterocycles. The summed E-state index contributed by atoms with van der Waals surface area (Å²) < 4.78 is 17.7. The van der Waals surface area contributed by atoms with Crippen LogP contribution in [0.25, 0.3) is 120 Å². The average Bonchev–Trinajstić information content (AvgIpc) is 4.28. The van der Waals surface area contributed by atoms with Crippen LogP contribution in [0.2, 0.25) is 0 Å². The zero-order chi connectivity index (χ0) is 46.8. The van der Waals surface area contributed by atoms with Gasteiger partial charge >= 0.3 is 0 Å². The van der Waals surface area contributed by atoms with Gasteiger partial charge in [-0.25, -0.2) is 0 Å². The number of aromatic nitrogens is 2. The van der Waals surface area contributed by atoms with Crippen LogP contribution in [0.4, 0.5) is 34.1 Å². The zero-order valence-electron chi connectivity index (χ0n) is 38.5. The number of hydrogen-bond acceptors (Lipinski definition) is 4. The Morgan fingerprint density at radius 3 is 1.28 bits per heavy atom. The predicted octanol–water partition coefficient (Wildman–Crippen LogP) is 18.7. The molecule has 0 aliphatic rings. The van der Waals surface area contributed by atoms with Gasteiger partial charge in [0, 0.05) is 87.7 Å². The van der Waals surface area contributed by atoms with Gasteiger partial charge in [-0.2, -0.15) is 0 Å². The van der Waals surface area contributed by atoms with Crippen molar-refractivity contribution in [2.45, 2.75) is 0 Å². The number of benzene rings is 11. The second-order valence-corrected chi connectivity index (χ2v) is 19.2. The predicted molar refractivity (Wildman–Crippen MR) is 300 cm³/mol. The van der Waals surface area contributed by atoms with Crippen molar-refractivity contribution < 1.29 is 8.83 Å². The van der Waals surface area contributed by atoms with Crippen LogP contribution in [0.15, 0.2) is 239 Å². The van der Waals surface area contributed by atoms with E-state index in [4.69, 9.17) is 8.83 Å². The molecule has 0 unspecified atom stereocenters. The van der Waals surface area contributed by atoms with Gasteiger partial charge < -0.3 is 27.4 Å². The van der Waals surface area contributed by atoms with Gasteiger partial charge in [0.25, 0.3) is 0 Å². The van der Waals surface area contributed by atoms with E-state index in [1.807, 2.05) is 18.2 Å². The highest BCUT2D eigenvalue weighted by atomic mass is 16.3. The Kier molecular flexibility index (Phi) is 7.38. The normalized spacial score (nSPS) is 12.4. The molecule has 0 radical (unpaired) electrons. The molecule has 0 spiro atoms. The molecule has 334 valence electrons. The fourth-order valence-electron chi connectivity index (χ4n) is 12.5. The van der Waals surface area contributed by atoms with E-state index in [1.165, 1.54) is 76.2 Å². The number of para-hydroxylation sites is 6. The van der Waals surface area contributed by atoms with Crippen LogP contribution < -0.4 is 9.80 Å². The quantitative estimate of drug-likeness (QED) is 0.167. The van der Waals surface area contributed by atoms with Crippen molar-refractivity contribution in [2.75, 3.05) is 9.80 Å². The fraction of sp³-hybridized carbons (Fsp3) is 0. The lowest BCUT2D eigenvalue weighted by molar-refractivity contribution is 0.668. The molecule has 0 aliphatic carbocycles. The molecule has 72 heavy (non-hydrogen) atoms. The lowest BCUT2D eigenvalue weighted by atomic mass is 10.0. The second kappa shape index (κ2) is 13.9. The summed E-state index contributed by atoms with van der Waals surface area (Å²) >= 11 is 0. The van der Waals surface area contributed by atoms with E-state index in [9.17, 15) is 0 Å². The van der Waals surface area contributed by atoms with Crippen LogP contribution in [0.5, 0.6) is 0 Å². The first-order valence-electron chi connectivity index (χ1n) is 24.6. The van der Waals surface area contributed by atoms with Gasteiger partial charge in [-0.15, -0.1) is 0 Å². The first-order valence-corrected chi connectivity index (χ1v) is 24.6. The zero-order valence-corrected chi connectivity index (χ0v) is 38.5. The van der Waals surface area contributed by atoms with Gasteiger partial charge in [0.2, 0.25) is 0 Å². The molecule has 0 N–H and O–H groups in total. The first-order chi connectivity index (χ1) is 35.7. The van der Waals surface area contributed by atoms with Crippen molar-refractivity contribution in [2.24, 2.45) is 0 Å². The lowest BCUT2D eigenvalue weighted by Gasteiger charge is -2.26. The molecule has 6 aromatic heterocycles. The fourth-order valence-corrected chi connectivity index (χ4v) is 12.5. The number of hydrogen-bond donors (Lipinski definition) is 0. The van der Waals surface area contributed by atoms with E-state index >= 15 is 0 Å². The molecule has 0 bridgehead atoms. The molecule has 0 atom stereocenters. The molecule has 0 aliphatic heterocycles. The second-order valence-electron chi connectivity index (χ2n) is 19.2. The topological polar surface area (TPSA) is 41.6 Å². The van der Waals surface area contributed by atoms with Crippen molar-refractivity contribution in [1.29, 1.82) is 0 Å². The third-order valence-corrected chi connectivity index (χ3v) is 15.5. The molecule has 11 aromatic carbocycles. The minimum atomic E-state index is 0.874. The SMILES string of the molecule is c1ccc(N(c2ccc3oc4ccccc4c3c2)c2ccc3c(c2)c2cccc4c5cc6c(cc5n3c24)c2cccc3c4cc(N(c5ccccc5)c5cccc7oc8ccccc8c57)ccc4n6c32)cc1. The summed E-state index contributed by atoms with van der Waals surface area (Å²) in [6.45, 7) is 0. The molecule has 6 heteroatoms. The largest absolute Gasteiger partial charge is 0.456 e. The summed E-state index contributed by atoms with van der Waals surface area (Å²) in [4.78, 5) is 4.75. The van der Waals surface area contributed by atoms with Crippen LogP contribution in [0.3, 0.4) is 0 Å². The van der Waals surface area contributed by atoms with Gasteiger partial charge in [0.05, 0.1) is 44.2 Å². The van der Waals surface area contributed by atoms with Gasteiger partial charge in [-0.1, -0.05) is 115 Å². The number of nitrogens with zero attached hydrogens (tertiary/aromatic N) is 4. The van der Waals surface area contributed by atoms with E-state index in [0.29, 0.717) is 0 Å². The van der Waals surface area contributed by atoms with Crippen LogP contribution in [-0.4, -0.2) is 8.80 Å². The van der Waals surface area contributed by atoms with Gasteiger partial charge in [0.15, 0.2) is 0 Å². The average molecular weight is 919 g/mol. The van der Waals surface area contributed by atoms with Crippen LogP contribution in [-0.2, 0) is 0 Å². The number of rotatable bonds is 6. The summed E-state index contributed by atoms with van der Waals surface area (Å²) in [5.41, 5.74) is 17.4. The van der Waals surface area contributed by atoms with Gasteiger partial charge in [-0.05, 0) is 115 Å². The minimum absolute atomic E-state index is 0.874. The van der Waals surface area contributed by atoms with Crippen LogP contribution >= 0.6 is 0 Å². The maximum absolute atomic E-state index is 6.41. The molecule has 0 fully saturated rings. The highest BCUT2D eigenvalue weighted by Gasteiger charge is 2.26.